The second kappa shape index (κ2) is 4.33. The average Bonchev–Trinajstić information content (AvgIpc) is 2.19. The number of rotatable bonds is 3. The first-order valence-electron chi connectivity index (χ1n) is 5.26. The number of nitrogens with two attached hydrogens (primary N) is 1. The molecule has 0 unspecified atom stereocenters. The maximum Gasteiger partial charge on any atom is 0.0669 e. The minimum atomic E-state index is 0.375. The molecule has 78 valence electrons. The molecular weight excluding hydrogens is 186 g/mol. The van der Waals surface area contributed by atoms with Crippen molar-refractivity contribution in [3.8, 4) is 6.07 Å². The summed E-state index contributed by atoms with van der Waals surface area (Å²) in [5.41, 5.74) is 7.89. The van der Waals surface area contributed by atoms with Gasteiger partial charge in [0.05, 0.1) is 12.5 Å². The van der Waals surface area contributed by atoms with Crippen LogP contribution in [-0.4, -0.2) is 12.1 Å². The van der Waals surface area contributed by atoms with Crippen LogP contribution >= 0.6 is 0 Å². The zero-order chi connectivity index (χ0) is 10.7. The molecule has 3 heteroatoms. The normalized spacial score (nSPS) is 24.0. The Kier molecular flexibility index (Phi) is 2.89. The van der Waals surface area contributed by atoms with Crippen LogP contribution in [0.15, 0.2) is 24.3 Å². The van der Waals surface area contributed by atoms with E-state index in [2.05, 4.69) is 11.4 Å². The van der Waals surface area contributed by atoms with Crippen molar-refractivity contribution < 1.29 is 0 Å². The summed E-state index contributed by atoms with van der Waals surface area (Å²) in [7, 11) is 0. The highest BCUT2D eigenvalue weighted by molar-refractivity contribution is 5.46. The number of nitrogens with zero attached hydrogens (tertiary/aromatic N) is 1. The molecule has 0 heterocycles. The molecule has 0 atom stereocenters. The molecule has 0 radical (unpaired) electrons. The molecule has 0 amide bonds. The Balaban J connectivity index is 1.90. The Morgan fingerprint density at radius 3 is 2.53 bits per heavy atom. The number of nitriles is 1. The Morgan fingerprint density at radius 2 is 2.00 bits per heavy atom. The van der Waals surface area contributed by atoms with E-state index in [-0.39, 0.29) is 0 Å². The zero-order valence-electron chi connectivity index (χ0n) is 8.61. The molecule has 3 nitrogen and oxygen atoms in total. The Labute approximate surface area is 89.9 Å². The van der Waals surface area contributed by atoms with Gasteiger partial charge in [0.2, 0.25) is 0 Å². The van der Waals surface area contributed by atoms with Gasteiger partial charge in [-0.15, -0.1) is 0 Å². The third-order valence-electron chi connectivity index (χ3n) is 2.78. The molecule has 1 saturated carbocycles. The van der Waals surface area contributed by atoms with E-state index >= 15 is 0 Å². The van der Waals surface area contributed by atoms with Gasteiger partial charge in [0.15, 0.2) is 0 Å². The molecule has 0 spiro atoms. The molecule has 15 heavy (non-hydrogen) atoms. The topological polar surface area (TPSA) is 61.8 Å². The van der Waals surface area contributed by atoms with E-state index in [0.29, 0.717) is 18.5 Å². The highest BCUT2D eigenvalue weighted by Crippen LogP contribution is 2.22. The highest BCUT2D eigenvalue weighted by Gasteiger charge is 2.25. The van der Waals surface area contributed by atoms with Crippen molar-refractivity contribution in [2.75, 3.05) is 5.32 Å². The molecule has 1 aliphatic rings. The summed E-state index contributed by atoms with van der Waals surface area (Å²) < 4.78 is 0. The van der Waals surface area contributed by atoms with Crippen molar-refractivity contribution >= 4 is 5.69 Å². The van der Waals surface area contributed by atoms with Crippen molar-refractivity contribution in [1.29, 1.82) is 5.26 Å². The molecule has 0 saturated heterocycles. The van der Waals surface area contributed by atoms with Crippen molar-refractivity contribution in [1.82, 2.24) is 0 Å². The summed E-state index contributed by atoms with van der Waals surface area (Å²) in [5, 5.41) is 11.9. The summed E-state index contributed by atoms with van der Waals surface area (Å²) in [6, 6.07) is 11.1. The molecule has 1 aromatic rings. The van der Waals surface area contributed by atoms with Gasteiger partial charge in [-0.1, -0.05) is 12.1 Å². The van der Waals surface area contributed by atoms with Crippen LogP contribution in [0.2, 0.25) is 0 Å². The smallest absolute Gasteiger partial charge is 0.0669 e. The van der Waals surface area contributed by atoms with Crippen LogP contribution in [0.1, 0.15) is 18.4 Å². The van der Waals surface area contributed by atoms with E-state index in [1.807, 2.05) is 24.3 Å². The van der Waals surface area contributed by atoms with Gasteiger partial charge in [0, 0.05) is 17.8 Å². The van der Waals surface area contributed by atoms with Gasteiger partial charge in [-0.3, -0.25) is 0 Å². The monoisotopic (exact) mass is 201 g/mol. The summed E-state index contributed by atoms with van der Waals surface area (Å²) in [6.45, 7) is 0. The molecule has 2 rings (SSSR count). The fourth-order valence-electron chi connectivity index (χ4n) is 1.83. The first-order chi connectivity index (χ1) is 7.28. The van der Waals surface area contributed by atoms with E-state index in [0.717, 1.165) is 24.1 Å². The van der Waals surface area contributed by atoms with Crippen LogP contribution < -0.4 is 11.1 Å². The van der Waals surface area contributed by atoms with Crippen LogP contribution in [-0.2, 0) is 6.42 Å². The van der Waals surface area contributed by atoms with Crippen LogP contribution in [0.4, 0.5) is 5.69 Å². The van der Waals surface area contributed by atoms with Gasteiger partial charge in [-0.2, -0.15) is 5.26 Å². The maximum atomic E-state index is 8.53. The lowest BCUT2D eigenvalue weighted by Crippen LogP contribution is -2.44. The van der Waals surface area contributed by atoms with Crippen molar-refractivity contribution in [2.45, 2.75) is 31.3 Å². The van der Waals surface area contributed by atoms with Crippen molar-refractivity contribution in [3.05, 3.63) is 29.8 Å². The maximum absolute atomic E-state index is 8.53. The van der Waals surface area contributed by atoms with E-state index in [1.54, 1.807) is 0 Å². The number of nitrogens with one attached hydrogen (secondary N) is 1. The molecule has 1 aromatic carbocycles. The second-order valence-electron chi connectivity index (χ2n) is 4.10. The molecular formula is C12H15N3. The fourth-order valence-corrected chi connectivity index (χ4v) is 1.83. The third kappa shape index (κ3) is 2.48. The minimum absolute atomic E-state index is 0.375. The van der Waals surface area contributed by atoms with Gasteiger partial charge in [-0.25, -0.2) is 0 Å². The van der Waals surface area contributed by atoms with E-state index in [1.165, 1.54) is 0 Å². The Hall–Kier alpha value is -1.53. The number of benzene rings is 1. The molecule has 3 N–H and O–H groups in total. The van der Waals surface area contributed by atoms with E-state index < -0.39 is 0 Å². The van der Waals surface area contributed by atoms with Gasteiger partial charge in [0.25, 0.3) is 0 Å². The summed E-state index contributed by atoms with van der Waals surface area (Å²) in [6.07, 6.45) is 2.59. The zero-order valence-corrected chi connectivity index (χ0v) is 8.61. The van der Waals surface area contributed by atoms with Gasteiger partial charge in [0.1, 0.15) is 0 Å². The lowest BCUT2D eigenvalue weighted by molar-refractivity contribution is 0.373. The summed E-state index contributed by atoms with van der Waals surface area (Å²) in [4.78, 5) is 0. The van der Waals surface area contributed by atoms with Gasteiger partial charge >= 0.3 is 0 Å². The Bertz CT molecular complexity index is 357. The number of anilines is 1. The molecule has 0 bridgehead atoms. The van der Waals surface area contributed by atoms with Crippen LogP contribution in [0.5, 0.6) is 0 Å². The SMILES string of the molecule is N#CCc1ccc(NC2CC(N)C2)cc1. The van der Waals surface area contributed by atoms with Crippen LogP contribution in [0.3, 0.4) is 0 Å². The summed E-state index contributed by atoms with van der Waals surface area (Å²) >= 11 is 0. The number of hydrogen-bond donors (Lipinski definition) is 2. The molecule has 1 aliphatic carbocycles. The summed E-state index contributed by atoms with van der Waals surface area (Å²) in [5.74, 6) is 0. The first-order valence-corrected chi connectivity index (χ1v) is 5.26. The Morgan fingerprint density at radius 1 is 1.33 bits per heavy atom. The molecule has 1 fully saturated rings. The lowest BCUT2D eigenvalue weighted by atomic mass is 9.87. The second-order valence-corrected chi connectivity index (χ2v) is 4.10. The van der Waals surface area contributed by atoms with Crippen molar-refractivity contribution in [3.63, 3.8) is 0 Å². The minimum Gasteiger partial charge on any atom is -0.382 e. The van der Waals surface area contributed by atoms with Gasteiger partial charge < -0.3 is 11.1 Å². The average molecular weight is 201 g/mol. The predicted octanol–water partition coefficient (Wildman–Crippen LogP) is 1.65. The van der Waals surface area contributed by atoms with E-state index in [9.17, 15) is 0 Å². The largest absolute Gasteiger partial charge is 0.382 e. The standard InChI is InChI=1S/C12H15N3/c13-6-5-9-1-3-11(4-2-9)15-12-7-10(14)8-12/h1-4,10,12,15H,5,7-8,14H2. The first kappa shape index (κ1) is 10.0. The lowest BCUT2D eigenvalue weighted by Gasteiger charge is -2.33. The fraction of sp³-hybridized carbons (Fsp3) is 0.417. The van der Waals surface area contributed by atoms with Crippen LogP contribution in [0, 0.1) is 11.3 Å². The quantitative estimate of drug-likeness (QED) is 0.781. The van der Waals surface area contributed by atoms with E-state index in [4.69, 9.17) is 11.0 Å². The highest BCUT2D eigenvalue weighted by atomic mass is 15.0. The molecule has 0 aromatic heterocycles. The third-order valence-corrected chi connectivity index (χ3v) is 2.78. The van der Waals surface area contributed by atoms with Crippen LogP contribution in [0.25, 0.3) is 0 Å². The molecule has 0 aliphatic heterocycles. The predicted molar refractivity (Wildman–Crippen MR) is 60.4 cm³/mol. The van der Waals surface area contributed by atoms with Gasteiger partial charge in [-0.05, 0) is 30.5 Å². The number of hydrogen-bond acceptors (Lipinski definition) is 3. The van der Waals surface area contributed by atoms with Crippen molar-refractivity contribution in [2.24, 2.45) is 5.73 Å².